The summed E-state index contributed by atoms with van der Waals surface area (Å²) >= 11 is 5.79. The number of benzene rings is 1. The maximum absolute atomic E-state index is 13.8. The molecule has 0 amide bonds. The second-order valence-corrected chi connectivity index (χ2v) is 5.91. The monoisotopic (exact) mass is 391 g/mol. The van der Waals surface area contributed by atoms with Gasteiger partial charge >= 0.3 is 6.18 Å². The molecule has 1 aromatic heterocycles. The molecular weight excluding hydrogens is 381 g/mol. The first-order valence-corrected chi connectivity index (χ1v) is 7.77. The molecule has 0 saturated carbocycles. The van der Waals surface area contributed by atoms with Crippen LogP contribution in [0, 0.1) is 11.6 Å². The molecule has 1 N–H and O–H groups in total. The summed E-state index contributed by atoms with van der Waals surface area (Å²) in [5.74, 6) is -1.48. The molecule has 10 heteroatoms. The Morgan fingerprint density at radius 1 is 1.23 bits per heavy atom. The average molecular weight is 392 g/mol. The summed E-state index contributed by atoms with van der Waals surface area (Å²) in [6.45, 7) is 0.0845. The number of pyridine rings is 1. The van der Waals surface area contributed by atoms with Crippen LogP contribution in [0.1, 0.15) is 17.5 Å². The van der Waals surface area contributed by atoms with E-state index in [0.717, 1.165) is 18.2 Å². The van der Waals surface area contributed by atoms with Crippen molar-refractivity contribution in [3.05, 3.63) is 58.2 Å². The van der Waals surface area contributed by atoms with Gasteiger partial charge in [-0.1, -0.05) is 22.8 Å². The highest BCUT2D eigenvalue weighted by Crippen LogP contribution is 2.32. The molecular formula is C16H11ClF5N3O. The number of anilines is 1. The van der Waals surface area contributed by atoms with Crippen LogP contribution in [0.3, 0.4) is 0 Å². The molecule has 0 bridgehead atoms. The molecule has 3 rings (SSSR count). The van der Waals surface area contributed by atoms with Crippen LogP contribution in [0.25, 0.3) is 0 Å². The predicted molar refractivity (Wildman–Crippen MR) is 85.1 cm³/mol. The van der Waals surface area contributed by atoms with Gasteiger partial charge in [0.1, 0.15) is 23.6 Å². The van der Waals surface area contributed by atoms with Gasteiger partial charge in [0.15, 0.2) is 0 Å². The van der Waals surface area contributed by atoms with E-state index in [9.17, 15) is 22.0 Å². The van der Waals surface area contributed by atoms with E-state index < -0.39 is 29.5 Å². The van der Waals surface area contributed by atoms with Crippen molar-refractivity contribution in [2.45, 2.75) is 18.7 Å². The highest BCUT2D eigenvalue weighted by atomic mass is 35.5. The summed E-state index contributed by atoms with van der Waals surface area (Å²) in [7, 11) is 0. The Hall–Kier alpha value is -2.42. The second kappa shape index (κ2) is 7.06. The Labute approximate surface area is 149 Å². The molecule has 1 aliphatic rings. The lowest BCUT2D eigenvalue weighted by molar-refractivity contribution is -0.137. The van der Waals surface area contributed by atoms with E-state index >= 15 is 0 Å². The third kappa shape index (κ3) is 3.87. The summed E-state index contributed by atoms with van der Waals surface area (Å²) in [5, 5.41) is 6.21. The van der Waals surface area contributed by atoms with Crippen molar-refractivity contribution in [3.8, 4) is 0 Å². The summed E-state index contributed by atoms with van der Waals surface area (Å²) < 4.78 is 65.3. The number of hydrogen-bond acceptors (Lipinski definition) is 4. The van der Waals surface area contributed by atoms with Crippen LogP contribution in [0.2, 0.25) is 5.02 Å². The lowest BCUT2D eigenvalue weighted by Gasteiger charge is -2.13. The quantitative estimate of drug-likeness (QED) is 0.772. The molecule has 0 aliphatic carbocycles. The average Bonchev–Trinajstić information content (AvgIpc) is 3.01. The molecule has 0 unspecified atom stereocenters. The minimum absolute atomic E-state index is 0.0359. The van der Waals surface area contributed by atoms with Gasteiger partial charge in [0, 0.05) is 12.6 Å². The fraction of sp³-hybridized carbons (Fsp3) is 0.250. The molecule has 1 aromatic carbocycles. The molecule has 4 nitrogen and oxygen atoms in total. The number of oxime groups is 1. The molecule has 26 heavy (non-hydrogen) atoms. The van der Waals surface area contributed by atoms with Crippen LogP contribution in [-0.4, -0.2) is 23.3 Å². The van der Waals surface area contributed by atoms with Gasteiger partial charge in [-0.2, -0.15) is 13.2 Å². The predicted octanol–water partition coefficient (Wildman–Crippen LogP) is 4.64. The van der Waals surface area contributed by atoms with Crippen molar-refractivity contribution < 1.29 is 26.8 Å². The molecule has 2 aromatic rings. The fourth-order valence-electron chi connectivity index (χ4n) is 2.39. The fourth-order valence-corrected chi connectivity index (χ4v) is 2.63. The van der Waals surface area contributed by atoms with Crippen LogP contribution < -0.4 is 5.32 Å². The van der Waals surface area contributed by atoms with E-state index in [2.05, 4.69) is 15.5 Å². The smallest absolute Gasteiger partial charge is 0.390 e. The molecule has 1 aliphatic heterocycles. The number of nitrogens with zero attached hydrogens (tertiary/aromatic N) is 2. The van der Waals surface area contributed by atoms with Crippen LogP contribution >= 0.6 is 11.6 Å². The zero-order chi connectivity index (χ0) is 18.9. The van der Waals surface area contributed by atoms with Gasteiger partial charge in [0.2, 0.25) is 0 Å². The lowest BCUT2D eigenvalue weighted by Crippen LogP contribution is -2.21. The SMILES string of the molecule is Fc1cccc(F)c1C1=NO[C@H](CNc2ncc(C(F)(F)F)cc2Cl)C1. The Bertz CT molecular complexity index is 836. The van der Waals surface area contributed by atoms with E-state index in [1.807, 2.05) is 0 Å². The van der Waals surface area contributed by atoms with E-state index in [1.54, 1.807) is 0 Å². The second-order valence-electron chi connectivity index (χ2n) is 5.50. The summed E-state index contributed by atoms with van der Waals surface area (Å²) in [6, 6.07) is 4.21. The summed E-state index contributed by atoms with van der Waals surface area (Å²) in [5.41, 5.74) is -1.12. The first kappa shape index (κ1) is 18.4. The van der Waals surface area contributed by atoms with Gasteiger partial charge in [-0.05, 0) is 18.2 Å². The van der Waals surface area contributed by atoms with Gasteiger partial charge in [0.25, 0.3) is 0 Å². The molecule has 138 valence electrons. The minimum atomic E-state index is -4.55. The van der Waals surface area contributed by atoms with E-state index in [1.165, 1.54) is 6.07 Å². The van der Waals surface area contributed by atoms with Gasteiger partial charge in [-0.25, -0.2) is 13.8 Å². The van der Waals surface area contributed by atoms with Crippen LogP contribution in [0.15, 0.2) is 35.6 Å². The number of nitrogens with one attached hydrogen (secondary N) is 1. The van der Waals surface area contributed by atoms with E-state index in [0.29, 0.717) is 6.20 Å². The van der Waals surface area contributed by atoms with Crippen LogP contribution in [-0.2, 0) is 11.0 Å². The third-order valence-electron chi connectivity index (χ3n) is 3.65. The van der Waals surface area contributed by atoms with Crippen LogP contribution in [0.5, 0.6) is 0 Å². The van der Waals surface area contributed by atoms with Gasteiger partial charge in [-0.3, -0.25) is 0 Å². The molecule has 0 radical (unpaired) electrons. The van der Waals surface area contributed by atoms with Crippen molar-refractivity contribution in [2.75, 3.05) is 11.9 Å². The largest absolute Gasteiger partial charge is 0.417 e. The Morgan fingerprint density at radius 3 is 2.54 bits per heavy atom. The Morgan fingerprint density at radius 2 is 1.92 bits per heavy atom. The van der Waals surface area contributed by atoms with Crippen molar-refractivity contribution in [1.82, 2.24) is 4.98 Å². The number of aromatic nitrogens is 1. The number of alkyl halides is 3. The van der Waals surface area contributed by atoms with Crippen molar-refractivity contribution >= 4 is 23.1 Å². The Kier molecular flexibility index (Phi) is 4.99. The highest BCUT2D eigenvalue weighted by Gasteiger charge is 2.32. The highest BCUT2D eigenvalue weighted by molar-refractivity contribution is 6.32. The minimum Gasteiger partial charge on any atom is -0.390 e. The maximum Gasteiger partial charge on any atom is 0.417 e. The zero-order valence-electron chi connectivity index (χ0n) is 12.9. The topological polar surface area (TPSA) is 46.5 Å². The summed E-state index contributed by atoms with van der Waals surface area (Å²) in [6.07, 6.45) is -4.36. The zero-order valence-corrected chi connectivity index (χ0v) is 13.7. The molecule has 0 saturated heterocycles. The van der Waals surface area contributed by atoms with Gasteiger partial charge in [0.05, 0.1) is 28.4 Å². The molecule has 2 heterocycles. The third-order valence-corrected chi connectivity index (χ3v) is 3.94. The normalized spacial score (nSPS) is 17.0. The van der Waals surface area contributed by atoms with E-state index in [-0.39, 0.29) is 35.1 Å². The first-order chi connectivity index (χ1) is 12.3. The van der Waals surface area contributed by atoms with Crippen LogP contribution in [0.4, 0.5) is 27.8 Å². The Balaban J connectivity index is 1.63. The number of rotatable bonds is 4. The van der Waals surface area contributed by atoms with E-state index in [4.69, 9.17) is 16.4 Å². The molecule has 0 spiro atoms. The molecule has 0 fully saturated rings. The molecule has 1 atom stereocenters. The number of hydrogen-bond donors (Lipinski definition) is 1. The van der Waals surface area contributed by atoms with Crippen molar-refractivity contribution in [3.63, 3.8) is 0 Å². The first-order valence-electron chi connectivity index (χ1n) is 7.39. The summed E-state index contributed by atoms with van der Waals surface area (Å²) in [4.78, 5) is 8.75. The van der Waals surface area contributed by atoms with Gasteiger partial charge < -0.3 is 10.2 Å². The van der Waals surface area contributed by atoms with Gasteiger partial charge in [-0.15, -0.1) is 0 Å². The van der Waals surface area contributed by atoms with Crippen molar-refractivity contribution in [2.24, 2.45) is 5.16 Å². The standard InChI is InChI=1S/C16H11ClF5N3O/c17-10-4-8(16(20,21)22)6-23-15(10)24-7-9-5-13(25-26-9)14-11(18)2-1-3-12(14)19/h1-4,6,9H,5,7H2,(H,23,24)/t9-/m0/s1. The lowest BCUT2D eigenvalue weighted by atomic mass is 10.0. The maximum atomic E-state index is 13.8. The van der Waals surface area contributed by atoms with Crippen molar-refractivity contribution in [1.29, 1.82) is 0 Å². The number of halogens is 6.